The van der Waals surface area contributed by atoms with Crippen LogP contribution in [0.15, 0.2) is 149 Å². The largest absolute Gasteiger partial charge is 0.343 e. The van der Waals surface area contributed by atoms with Crippen LogP contribution in [0.2, 0.25) is 0 Å². The van der Waals surface area contributed by atoms with E-state index in [1.807, 2.05) is 0 Å². The Morgan fingerprint density at radius 3 is 1.73 bits per heavy atom. The molecule has 3 aliphatic heterocycles. The number of ether oxygens (including phenoxy) is 1. The summed E-state index contributed by atoms with van der Waals surface area (Å²) < 4.78 is 7.78. The summed E-state index contributed by atoms with van der Waals surface area (Å²) in [6.45, 7) is 2.49. The second-order valence-corrected chi connectivity index (χ2v) is 12.6. The Kier molecular flexibility index (Phi) is 4.34. The lowest BCUT2D eigenvalue weighted by Crippen LogP contribution is -2.54. The molecule has 0 aromatic heterocycles. The normalized spacial score (nSPS) is 30.5. The summed E-state index contributed by atoms with van der Waals surface area (Å²) in [6, 6.07) is 51.3. The second-order valence-electron chi connectivity index (χ2n) is 10.5. The van der Waals surface area contributed by atoms with Crippen LogP contribution in [0.4, 0.5) is 0 Å². The van der Waals surface area contributed by atoms with Crippen LogP contribution in [0.3, 0.4) is 0 Å². The molecule has 0 saturated carbocycles. The molecule has 37 heavy (non-hydrogen) atoms. The fourth-order valence-corrected chi connectivity index (χ4v) is 11.0. The van der Waals surface area contributed by atoms with E-state index >= 15 is 0 Å². The van der Waals surface area contributed by atoms with E-state index in [0.717, 1.165) is 0 Å². The third-order valence-corrected chi connectivity index (χ3v) is 11.8. The lowest BCUT2D eigenvalue weighted by atomic mass is 9.56. The van der Waals surface area contributed by atoms with E-state index in [4.69, 9.17) is 4.74 Å². The van der Waals surface area contributed by atoms with Gasteiger partial charge in [-0.15, -0.1) is 0 Å². The molecule has 5 atom stereocenters. The summed E-state index contributed by atoms with van der Waals surface area (Å²) in [5, 5.41) is 0.206. The molecule has 0 N–H and O–H groups in total. The highest BCUT2D eigenvalue weighted by Gasteiger charge is 2.85. The topological polar surface area (TPSA) is 9.23 Å². The summed E-state index contributed by atoms with van der Waals surface area (Å²) in [7, 11) is -0.182. The Labute approximate surface area is 221 Å². The minimum atomic E-state index is -0.599. The molecule has 2 heteroatoms. The van der Waals surface area contributed by atoms with Crippen LogP contribution >= 0.6 is 0 Å². The minimum Gasteiger partial charge on any atom is -0.343 e. The van der Waals surface area contributed by atoms with Crippen LogP contribution < -0.4 is 0 Å². The van der Waals surface area contributed by atoms with Crippen molar-refractivity contribution in [1.82, 2.24) is 0 Å². The predicted octanol–water partition coefficient (Wildman–Crippen LogP) is 7.59. The molecule has 1 unspecified atom stereocenters. The van der Waals surface area contributed by atoms with E-state index < -0.39 is 11.2 Å². The van der Waals surface area contributed by atoms with Gasteiger partial charge in [0.2, 0.25) is 0 Å². The highest BCUT2D eigenvalue weighted by atomic mass is 32.2. The van der Waals surface area contributed by atoms with Crippen molar-refractivity contribution in [2.45, 2.75) is 38.6 Å². The van der Waals surface area contributed by atoms with E-state index in [9.17, 15) is 0 Å². The van der Waals surface area contributed by atoms with Crippen LogP contribution in [-0.4, -0.2) is 5.25 Å². The van der Waals surface area contributed by atoms with Crippen LogP contribution in [0.25, 0.3) is 0 Å². The molecule has 3 aliphatic rings. The summed E-state index contributed by atoms with van der Waals surface area (Å²) in [5.41, 5.74) is 5.08. The van der Waals surface area contributed by atoms with Crippen LogP contribution in [0.1, 0.15) is 34.7 Å². The van der Waals surface area contributed by atoms with Crippen molar-refractivity contribution in [1.29, 1.82) is 0 Å². The van der Waals surface area contributed by atoms with Gasteiger partial charge >= 0.3 is 0 Å². The quantitative estimate of drug-likeness (QED) is 0.234. The number of fused-ring (bicyclic) bond motifs is 10. The number of benzene rings is 5. The van der Waals surface area contributed by atoms with Crippen molar-refractivity contribution < 1.29 is 4.74 Å². The van der Waals surface area contributed by atoms with Crippen molar-refractivity contribution >= 4 is 10.9 Å². The molecular formula is C35H27OS+. The van der Waals surface area contributed by atoms with Gasteiger partial charge in [-0.2, -0.15) is 0 Å². The van der Waals surface area contributed by atoms with Gasteiger partial charge in [0.25, 0.3) is 0 Å². The predicted molar refractivity (Wildman–Crippen MR) is 150 cm³/mol. The fourth-order valence-electron chi connectivity index (χ4n) is 7.65. The third kappa shape index (κ3) is 2.41. The average molecular weight is 496 g/mol. The first-order chi connectivity index (χ1) is 18.2. The smallest absolute Gasteiger partial charge is 0.179 e. The monoisotopic (exact) mass is 495 g/mol. The Morgan fingerprint density at radius 1 is 0.541 bits per heavy atom. The minimum absolute atomic E-state index is 0.182. The van der Waals surface area contributed by atoms with Gasteiger partial charge in [-0.05, 0) is 47.4 Å². The maximum atomic E-state index is 7.78. The Balaban J connectivity index is 1.56. The molecule has 0 spiro atoms. The Bertz CT molecular complexity index is 1630. The van der Waals surface area contributed by atoms with Crippen molar-refractivity contribution in [3.05, 3.63) is 167 Å². The lowest BCUT2D eigenvalue weighted by Gasteiger charge is -2.43. The van der Waals surface area contributed by atoms with Crippen molar-refractivity contribution in [2.75, 3.05) is 0 Å². The number of hydrogen-bond acceptors (Lipinski definition) is 1. The summed E-state index contributed by atoms with van der Waals surface area (Å²) in [5.74, 6) is 0. The molecular weight excluding hydrogens is 468 g/mol. The summed E-state index contributed by atoms with van der Waals surface area (Å²) >= 11 is 0. The average Bonchev–Trinajstić information content (AvgIpc) is 3.54. The summed E-state index contributed by atoms with van der Waals surface area (Å²) in [4.78, 5) is 2.84. The van der Waals surface area contributed by atoms with E-state index in [0.29, 0.717) is 0 Å². The standard InChI is InChI=1S/C35H27OS/c1-33-30-23-13-14-24-31(30)37(27-19-9-4-10-20-27)32(33)34(25-15-5-2-6-16-25)28-21-11-12-22-29(28)35(33,36-34)26-17-7-3-8-18-26/h2-24,32H,1H3/q+1/t32-,33+,34-,35+,37?/m0/s1. The lowest BCUT2D eigenvalue weighted by molar-refractivity contribution is -0.0555. The Morgan fingerprint density at radius 2 is 1.05 bits per heavy atom. The fraction of sp³-hybridized carbons (Fsp3) is 0.143. The first kappa shape index (κ1) is 21.5. The molecule has 5 aromatic rings. The number of hydrogen-bond donors (Lipinski definition) is 0. The molecule has 0 amide bonds. The number of rotatable bonds is 3. The van der Waals surface area contributed by atoms with Gasteiger partial charge in [-0.3, -0.25) is 0 Å². The second kappa shape index (κ2) is 7.47. The zero-order chi connectivity index (χ0) is 24.7. The van der Waals surface area contributed by atoms with Gasteiger partial charge in [0.15, 0.2) is 20.6 Å². The van der Waals surface area contributed by atoms with Crippen LogP contribution in [-0.2, 0) is 32.2 Å². The van der Waals surface area contributed by atoms with Crippen molar-refractivity contribution in [3.8, 4) is 0 Å². The van der Waals surface area contributed by atoms with Gasteiger partial charge in [-0.1, -0.05) is 121 Å². The van der Waals surface area contributed by atoms with Crippen LogP contribution in [0.5, 0.6) is 0 Å². The van der Waals surface area contributed by atoms with Crippen molar-refractivity contribution in [3.63, 3.8) is 0 Å². The molecule has 178 valence electrons. The molecule has 3 heterocycles. The SMILES string of the molecule is C[C@@]12c3ccccc3[S+](c3ccccc3)[C@@H]1[C@@]1(c3ccccc3)O[C@]2(c2ccccc2)c2ccccc21. The van der Waals surface area contributed by atoms with Gasteiger partial charge in [0.05, 0.1) is 16.3 Å². The zero-order valence-electron chi connectivity index (χ0n) is 20.7. The first-order valence-corrected chi connectivity index (χ1v) is 14.3. The molecule has 0 radical (unpaired) electrons. The zero-order valence-corrected chi connectivity index (χ0v) is 21.5. The maximum Gasteiger partial charge on any atom is 0.179 e. The summed E-state index contributed by atoms with van der Waals surface area (Å²) in [6.07, 6.45) is 0. The molecule has 0 aliphatic carbocycles. The highest BCUT2D eigenvalue weighted by molar-refractivity contribution is 7.98. The van der Waals surface area contributed by atoms with E-state index in [1.54, 1.807) is 0 Å². The molecule has 8 rings (SSSR count). The van der Waals surface area contributed by atoms with Gasteiger partial charge in [0.1, 0.15) is 5.60 Å². The molecule has 2 bridgehead atoms. The van der Waals surface area contributed by atoms with Crippen molar-refractivity contribution in [2.24, 2.45) is 0 Å². The molecule has 5 aromatic carbocycles. The van der Waals surface area contributed by atoms with E-state index in [2.05, 4.69) is 146 Å². The maximum absolute atomic E-state index is 7.78. The van der Waals surface area contributed by atoms with Gasteiger partial charge in [0, 0.05) is 5.56 Å². The van der Waals surface area contributed by atoms with Gasteiger partial charge < -0.3 is 4.74 Å². The van der Waals surface area contributed by atoms with Gasteiger partial charge in [-0.25, -0.2) is 0 Å². The molecule has 1 fully saturated rings. The molecule has 1 saturated heterocycles. The third-order valence-electron chi connectivity index (χ3n) is 8.94. The van der Waals surface area contributed by atoms with E-state index in [1.165, 1.54) is 37.6 Å². The molecule has 1 nitrogen and oxygen atoms in total. The van der Waals surface area contributed by atoms with E-state index in [-0.39, 0.29) is 21.6 Å². The van der Waals surface area contributed by atoms with Crippen LogP contribution in [0, 0.1) is 0 Å². The highest BCUT2D eigenvalue weighted by Crippen LogP contribution is 2.76. The Hall–Kier alpha value is -3.59. The first-order valence-electron chi connectivity index (χ1n) is 13.0.